The van der Waals surface area contributed by atoms with Gasteiger partial charge in [0.05, 0.1) is 5.56 Å². The standard InChI is InChI=1S/C25H20O3/c1-18-11-13-22(25(15-18)27-17-19-7-3-2-4-8-19)23(26)14-12-21-16-20-9-5-6-10-24(20)28-21/h2-16H,17H2,1H3/b14-12+. The summed E-state index contributed by atoms with van der Waals surface area (Å²) in [5.41, 5.74) is 3.44. The first-order valence-corrected chi connectivity index (χ1v) is 9.17. The maximum Gasteiger partial charge on any atom is 0.189 e. The van der Waals surface area contributed by atoms with Crippen molar-refractivity contribution in [1.29, 1.82) is 0 Å². The van der Waals surface area contributed by atoms with Gasteiger partial charge in [-0.15, -0.1) is 0 Å². The summed E-state index contributed by atoms with van der Waals surface area (Å²) in [6.45, 7) is 2.39. The van der Waals surface area contributed by atoms with Crippen molar-refractivity contribution in [3.63, 3.8) is 0 Å². The van der Waals surface area contributed by atoms with E-state index in [1.54, 1.807) is 12.1 Å². The predicted molar refractivity (Wildman–Crippen MR) is 112 cm³/mol. The molecule has 4 rings (SSSR count). The first kappa shape index (κ1) is 17.8. The van der Waals surface area contributed by atoms with Crippen LogP contribution in [-0.4, -0.2) is 5.78 Å². The number of hydrogen-bond donors (Lipinski definition) is 0. The lowest BCUT2D eigenvalue weighted by atomic mass is 10.1. The first-order chi connectivity index (χ1) is 13.7. The molecule has 0 aliphatic carbocycles. The van der Waals surface area contributed by atoms with Crippen molar-refractivity contribution in [1.82, 2.24) is 0 Å². The molecule has 3 heteroatoms. The van der Waals surface area contributed by atoms with Crippen molar-refractivity contribution < 1.29 is 13.9 Å². The molecule has 0 spiro atoms. The van der Waals surface area contributed by atoms with E-state index < -0.39 is 0 Å². The van der Waals surface area contributed by atoms with E-state index >= 15 is 0 Å². The van der Waals surface area contributed by atoms with Crippen LogP contribution in [0.1, 0.15) is 27.2 Å². The van der Waals surface area contributed by atoms with Crippen LogP contribution in [0.5, 0.6) is 5.75 Å². The number of carbonyl (C=O) groups excluding carboxylic acids is 1. The van der Waals surface area contributed by atoms with Crippen molar-refractivity contribution in [2.24, 2.45) is 0 Å². The van der Waals surface area contributed by atoms with Gasteiger partial charge >= 0.3 is 0 Å². The number of carbonyl (C=O) groups is 1. The van der Waals surface area contributed by atoms with E-state index in [4.69, 9.17) is 9.15 Å². The molecule has 0 aliphatic rings. The third-order valence-electron chi connectivity index (χ3n) is 4.48. The fourth-order valence-electron chi connectivity index (χ4n) is 3.02. The smallest absolute Gasteiger partial charge is 0.189 e. The Hall–Kier alpha value is -3.59. The van der Waals surface area contributed by atoms with Gasteiger partial charge in [0.15, 0.2) is 5.78 Å². The van der Waals surface area contributed by atoms with Crippen LogP contribution in [0.4, 0.5) is 0 Å². The second kappa shape index (κ2) is 7.97. The molecule has 0 bridgehead atoms. The highest BCUT2D eigenvalue weighted by Crippen LogP contribution is 2.24. The monoisotopic (exact) mass is 368 g/mol. The van der Waals surface area contributed by atoms with Crippen molar-refractivity contribution >= 4 is 22.8 Å². The molecule has 28 heavy (non-hydrogen) atoms. The largest absolute Gasteiger partial charge is 0.488 e. The summed E-state index contributed by atoms with van der Waals surface area (Å²) in [4.78, 5) is 12.8. The highest BCUT2D eigenvalue weighted by atomic mass is 16.5. The maximum atomic E-state index is 12.8. The Morgan fingerprint density at radius 1 is 0.964 bits per heavy atom. The van der Waals surface area contributed by atoms with Gasteiger partial charge in [-0.2, -0.15) is 0 Å². The summed E-state index contributed by atoms with van der Waals surface area (Å²) < 4.78 is 11.7. The Morgan fingerprint density at radius 3 is 2.57 bits per heavy atom. The van der Waals surface area contributed by atoms with Crippen molar-refractivity contribution in [3.05, 3.63) is 107 Å². The van der Waals surface area contributed by atoms with Crippen LogP contribution in [0.15, 0.2) is 89.4 Å². The van der Waals surface area contributed by atoms with Crippen LogP contribution >= 0.6 is 0 Å². The molecule has 1 aromatic heterocycles. The molecule has 0 aliphatic heterocycles. The van der Waals surface area contributed by atoms with E-state index in [0.29, 0.717) is 23.7 Å². The zero-order chi connectivity index (χ0) is 19.3. The van der Waals surface area contributed by atoms with Gasteiger partial charge in [-0.1, -0.05) is 54.6 Å². The molecule has 0 amide bonds. The highest BCUT2D eigenvalue weighted by molar-refractivity contribution is 6.08. The van der Waals surface area contributed by atoms with E-state index in [9.17, 15) is 4.79 Å². The van der Waals surface area contributed by atoms with Gasteiger partial charge < -0.3 is 9.15 Å². The Kier molecular flexibility index (Phi) is 5.07. The SMILES string of the molecule is Cc1ccc(C(=O)/C=C/c2cc3ccccc3o2)c(OCc2ccccc2)c1. The minimum absolute atomic E-state index is 0.122. The molecular weight excluding hydrogens is 348 g/mol. The second-order valence-corrected chi connectivity index (χ2v) is 6.66. The number of ketones is 1. The summed E-state index contributed by atoms with van der Waals surface area (Å²) in [6.07, 6.45) is 3.22. The van der Waals surface area contributed by atoms with Crippen LogP contribution in [0.2, 0.25) is 0 Å². The molecule has 4 aromatic rings. The first-order valence-electron chi connectivity index (χ1n) is 9.17. The number of hydrogen-bond acceptors (Lipinski definition) is 3. The minimum atomic E-state index is -0.122. The molecular formula is C25H20O3. The third-order valence-corrected chi connectivity index (χ3v) is 4.48. The van der Waals surface area contributed by atoms with Crippen LogP contribution in [0, 0.1) is 6.92 Å². The number of allylic oxidation sites excluding steroid dienone is 1. The fourth-order valence-corrected chi connectivity index (χ4v) is 3.02. The van der Waals surface area contributed by atoms with Crippen LogP contribution in [0.3, 0.4) is 0 Å². The maximum absolute atomic E-state index is 12.8. The lowest BCUT2D eigenvalue weighted by Gasteiger charge is -2.11. The summed E-state index contributed by atoms with van der Waals surface area (Å²) in [5, 5.41) is 1.01. The zero-order valence-corrected chi connectivity index (χ0v) is 15.6. The van der Waals surface area contributed by atoms with E-state index in [2.05, 4.69) is 0 Å². The second-order valence-electron chi connectivity index (χ2n) is 6.66. The fraction of sp³-hybridized carbons (Fsp3) is 0.0800. The predicted octanol–water partition coefficient (Wildman–Crippen LogP) is 6.22. The molecule has 0 saturated heterocycles. The Balaban J connectivity index is 1.54. The minimum Gasteiger partial charge on any atom is -0.488 e. The van der Waals surface area contributed by atoms with E-state index in [1.807, 2.05) is 79.7 Å². The van der Waals surface area contributed by atoms with Gasteiger partial charge in [0.2, 0.25) is 0 Å². The molecule has 1 heterocycles. The molecule has 3 nitrogen and oxygen atoms in total. The average Bonchev–Trinajstić information content (AvgIpc) is 3.14. The molecule has 0 fully saturated rings. The van der Waals surface area contributed by atoms with Crippen molar-refractivity contribution in [2.75, 3.05) is 0 Å². The Labute approximate surface area is 163 Å². The number of furan rings is 1. The Bertz CT molecular complexity index is 1100. The van der Waals surface area contributed by atoms with E-state index in [-0.39, 0.29) is 5.78 Å². The number of ether oxygens (including phenoxy) is 1. The zero-order valence-electron chi connectivity index (χ0n) is 15.6. The van der Waals surface area contributed by atoms with E-state index in [0.717, 1.165) is 22.1 Å². The topological polar surface area (TPSA) is 39.4 Å². The molecule has 0 saturated carbocycles. The molecule has 0 radical (unpaired) electrons. The van der Waals surface area contributed by atoms with Crippen LogP contribution in [0.25, 0.3) is 17.0 Å². The van der Waals surface area contributed by atoms with Gasteiger partial charge in [0.25, 0.3) is 0 Å². The van der Waals surface area contributed by atoms with Crippen LogP contribution < -0.4 is 4.74 Å². The third kappa shape index (κ3) is 4.04. The van der Waals surface area contributed by atoms with E-state index in [1.165, 1.54) is 6.08 Å². The quantitative estimate of drug-likeness (QED) is 0.300. The summed E-state index contributed by atoms with van der Waals surface area (Å²) in [6, 6.07) is 25.2. The van der Waals surface area contributed by atoms with Crippen molar-refractivity contribution in [2.45, 2.75) is 13.5 Å². The lowest BCUT2D eigenvalue weighted by Crippen LogP contribution is -2.03. The van der Waals surface area contributed by atoms with Crippen LogP contribution in [-0.2, 0) is 6.61 Å². The summed E-state index contributed by atoms with van der Waals surface area (Å²) in [7, 11) is 0. The van der Waals surface area contributed by atoms with Gasteiger partial charge in [-0.25, -0.2) is 0 Å². The lowest BCUT2D eigenvalue weighted by molar-refractivity contribution is 0.104. The van der Waals surface area contributed by atoms with Gasteiger partial charge in [0.1, 0.15) is 23.7 Å². The number of fused-ring (bicyclic) bond motifs is 1. The summed E-state index contributed by atoms with van der Waals surface area (Å²) in [5.74, 6) is 1.11. The highest BCUT2D eigenvalue weighted by Gasteiger charge is 2.11. The normalized spacial score (nSPS) is 11.2. The molecule has 3 aromatic carbocycles. The van der Waals surface area contributed by atoms with Gasteiger partial charge in [-0.05, 0) is 54.5 Å². The molecule has 0 atom stereocenters. The molecule has 0 unspecified atom stereocenters. The molecule has 0 N–H and O–H groups in total. The number of aryl methyl sites for hydroxylation is 1. The number of para-hydroxylation sites is 1. The average molecular weight is 368 g/mol. The molecule has 138 valence electrons. The summed E-state index contributed by atoms with van der Waals surface area (Å²) >= 11 is 0. The number of benzene rings is 3. The Morgan fingerprint density at radius 2 is 1.75 bits per heavy atom. The van der Waals surface area contributed by atoms with Crippen molar-refractivity contribution in [3.8, 4) is 5.75 Å². The van der Waals surface area contributed by atoms with Gasteiger partial charge in [0, 0.05) is 5.39 Å². The van der Waals surface area contributed by atoms with Gasteiger partial charge in [-0.3, -0.25) is 4.79 Å². The number of rotatable bonds is 6.